The van der Waals surface area contributed by atoms with Gasteiger partial charge in [0.25, 0.3) is 11.8 Å². The van der Waals surface area contributed by atoms with Crippen molar-refractivity contribution in [2.75, 3.05) is 6.54 Å². The van der Waals surface area contributed by atoms with Crippen LogP contribution in [0.2, 0.25) is 0 Å². The number of hydrogen-bond donors (Lipinski definition) is 3. The second-order valence-corrected chi connectivity index (χ2v) is 6.97. The first-order valence-electron chi connectivity index (χ1n) is 10.1. The number of furan rings is 1. The van der Waals surface area contributed by atoms with Crippen LogP contribution < -0.4 is 16.0 Å². The van der Waals surface area contributed by atoms with Crippen LogP contribution in [-0.2, 0) is 17.8 Å². The molecule has 0 aliphatic rings. The van der Waals surface area contributed by atoms with Crippen molar-refractivity contribution < 1.29 is 18.8 Å². The fourth-order valence-electron chi connectivity index (χ4n) is 3.09. The smallest absolute Gasteiger partial charge is 0.287 e. The van der Waals surface area contributed by atoms with E-state index in [2.05, 4.69) is 16.0 Å². The molecule has 0 fully saturated rings. The van der Waals surface area contributed by atoms with E-state index in [4.69, 9.17) is 4.42 Å². The van der Waals surface area contributed by atoms with Gasteiger partial charge in [-0.25, -0.2) is 0 Å². The first-order valence-corrected chi connectivity index (χ1v) is 10.1. The molecule has 2 aromatic carbocycles. The number of benzene rings is 2. The van der Waals surface area contributed by atoms with Crippen molar-refractivity contribution in [1.82, 2.24) is 16.0 Å². The SMILES string of the molecule is CCNC(=O)c1cccc(CNC(=O)C(Cc2ccccc2)NC(=O)c2ccco2)c1. The Kier molecular flexibility index (Phi) is 7.59. The topological polar surface area (TPSA) is 100 Å². The van der Waals surface area contributed by atoms with Gasteiger partial charge >= 0.3 is 0 Å². The molecule has 0 aliphatic heterocycles. The highest BCUT2D eigenvalue weighted by Gasteiger charge is 2.23. The van der Waals surface area contributed by atoms with E-state index in [1.807, 2.05) is 43.3 Å². The lowest BCUT2D eigenvalue weighted by molar-refractivity contribution is -0.123. The highest BCUT2D eigenvalue weighted by molar-refractivity contribution is 5.96. The molecule has 1 aromatic heterocycles. The highest BCUT2D eigenvalue weighted by Crippen LogP contribution is 2.08. The van der Waals surface area contributed by atoms with Gasteiger partial charge in [0.05, 0.1) is 6.26 Å². The van der Waals surface area contributed by atoms with E-state index >= 15 is 0 Å². The third kappa shape index (κ3) is 6.30. The van der Waals surface area contributed by atoms with Crippen molar-refractivity contribution in [1.29, 1.82) is 0 Å². The molecule has 1 heterocycles. The summed E-state index contributed by atoms with van der Waals surface area (Å²) < 4.78 is 5.13. The third-order valence-electron chi connectivity index (χ3n) is 4.64. The molecule has 0 saturated heterocycles. The lowest BCUT2D eigenvalue weighted by Gasteiger charge is -2.18. The van der Waals surface area contributed by atoms with Gasteiger partial charge < -0.3 is 20.4 Å². The average molecular weight is 419 g/mol. The summed E-state index contributed by atoms with van der Waals surface area (Å²) in [4.78, 5) is 37.4. The van der Waals surface area contributed by atoms with E-state index in [0.29, 0.717) is 18.5 Å². The van der Waals surface area contributed by atoms with Crippen LogP contribution in [0.15, 0.2) is 77.4 Å². The Labute approximate surface area is 180 Å². The van der Waals surface area contributed by atoms with Crippen molar-refractivity contribution in [3.8, 4) is 0 Å². The van der Waals surface area contributed by atoms with Crippen LogP contribution in [0.1, 0.15) is 39.0 Å². The van der Waals surface area contributed by atoms with Crippen LogP contribution in [0, 0.1) is 0 Å². The first kappa shape index (κ1) is 21.8. The molecule has 3 rings (SSSR count). The summed E-state index contributed by atoms with van der Waals surface area (Å²) >= 11 is 0. The number of carbonyl (C=O) groups is 3. The van der Waals surface area contributed by atoms with Crippen molar-refractivity contribution in [2.24, 2.45) is 0 Å². The number of hydrogen-bond acceptors (Lipinski definition) is 4. The van der Waals surface area contributed by atoms with Crippen LogP contribution >= 0.6 is 0 Å². The summed E-state index contributed by atoms with van der Waals surface area (Å²) in [6.07, 6.45) is 1.74. The van der Waals surface area contributed by atoms with Crippen molar-refractivity contribution in [3.05, 3.63) is 95.4 Å². The van der Waals surface area contributed by atoms with Crippen molar-refractivity contribution in [3.63, 3.8) is 0 Å². The zero-order valence-electron chi connectivity index (χ0n) is 17.3. The number of carbonyl (C=O) groups excluding carboxylic acids is 3. The summed E-state index contributed by atoms with van der Waals surface area (Å²) in [7, 11) is 0. The molecule has 0 bridgehead atoms. The van der Waals surface area contributed by atoms with Crippen LogP contribution in [0.3, 0.4) is 0 Å². The van der Waals surface area contributed by atoms with Crippen LogP contribution in [0.4, 0.5) is 0 Å². The molecule has 1 atom stereocenters. The Hall–Kier alpha value is -3.87. The summed E-state index contributed by atoms with van der Waals surface area (Å²) in [5, 5.41) is 8.35. The maximum atomic E-state index is 12.9. The number of rotatable bonds is 9. The average Bonchev–Trinajstić information content (AvgIpc) is 3.33. The molecule has 0 radical (unpaired) electrons. The number of amides is 3. The van der Waals surface area contributed by atoms with Crippen LogP contribution in [-0.4, -0.2) is 30.3 Å². The van der Waals surface area contributed by atoms with Gasteiger partial charge in [-0.2, -0.15) is 0 Å². The van der Waals surface area contributed by atoms with E-state index in [-0.39, 0.29) is 24.1 Å². The van der Waals surface area contributed by atoms with Gasteiger partial charge in [0, 0.05) is 25.1 Å². The molecule has 0 aliphatic carbocycles. The van der Waals surface area contributed by atoms with Gasteiger partial charge in [0.1, 0.15) is 6.04 Å². The molecular weight excluding hydrogens is 394 g/mol. The fraction of sp³-hybridized carbons (Fsp3) is 0.208. The zero-order valence-corrected chi connectivity index (χ0v) is 17.3. The fourth-order valence-corrected chi connectivity index (χ4v) is 3.09. The second-order valence-electron chi connectivity index (χ2n) is 6.97. The molecule has 7 nitrogen and oxygen atoms in total. The molecule has 0 spiro atoms. The molecule has 7 heteroatoms. The van der Waals surface area contributed by atoms with Crippen molar-refractivity contribution >= 4 is 17.7 Å². The summed E-state index contributed by atoms with van der Waals surface area (Å²) in [5.41, 5.74) is 2.23. The normalized spacial score (nSPS) is 11.4. The highest BCUT2D eigenvalue weighted by atomic mass is 16.3. The largest absolute Gasteiger partial charge is 0.459 e. The standard InChI is InChI=1S/C24H25N3O4/c1-2-25-22(28)19-11-6-10-18(14-19)16-26-23(29)20(15-17-8-4-3-5-9-17)27-24(30)21-12-7-13-31-21/h3-14,20H,2,15-16H2,1H3,(H,25,28)(H,26,29)(H,27,30). The van der Waals surface area contributed by atoms with E-state index < -0.39 is 11.9 Å². The Balaban J connectivity index is 1.68. The molecular formula is C24H25N3O4. The van der Waals surface area contributed by atoms with E-state index in [9.17, 15) is 14.4 Å². The summed E-state index contributed by atoms with van der Waals surface area (Å²) in [5.74, 6) is -0.810. The molecule has 3 N–H and O–H groups in total. The van der Waals surface area contributed by atoms with E-state index in [0.717, 1.165) is 11.1 Å². The lowest BCUT2D eigenvalue weighted by Crippen LogP contribution is -2.47. The molecule has 31 heavy (non-hydrogen) atoms. The molecule has 3 aromatic rings. The van der Waals surface area contributed by atoms with Gasteiger partial charge in [-0.3, -0.25) is 14.4 Å². The zero-order chi connectivity index (χ0) is 22.1. The second kappa shape index (κ2) is 10.8. The Bertz CT molecular complexity index is 1020. The van der Waals surface area contributed by atoms with Gasteiger partial charge in [-0.1, -0.05) is 42.5 Å². The molecule has 3 amide bonds. The van der Waals surface area contributed by atoms with Gasteiger partial charge in [-0.15, -0.1) is 0 Å². The minimum atomic E-state index is -0.786. The van der Waals surface area contributed by atoms with Gasteiger partial charge in [-0.05, 0) is 42.3 Å². The van der Waals surface area contributed by atoms with Gasteiger partial charge in [0.2, 0.25) is 5.91 Å². The molecule has 1 unspecified atom stereocenters. The molecule has 0 saturated carbocycles. The maximum Gasteiger partial charge on any atom is 0.287 e. The maximum absolute atomic E-state index is 12.9. The van der Waals surface area contributed by atoms with Crippen molar-refractivity contribution in [2.45, 2.75) is 25.9 Å². The minimum Gasteiger partial charge on any atom is -0.459 e. The Morgan fingerprint density at radius 3 is 2.35 bits per heavy atom. The Morgan fingerprint density at radius 1 is 0.871 bits per heavy atom. The quantitative estimate of drug-likeness (QED) is 0.496. The minimum absolute atomic E-state index is 0.139. The van der Waals surface area contributed by atoms with E-state index in [1.54, 1.807) is 30.3 Å². The molecule has 160 valence electrons. The monoisotopic (exact) mass is 419 g/mol. The summed E-state index contributed by atoms with van der Waals surface area (Å²) in [6.45, 7) is 2.62. The predicted octanol–water partition coefficient (Wildman–Crippen LogP) is 2.69. The third-order valence-corrected chi connectivity index (χ3v) is 4.64. The number of nitrogens with one attached hydrogen (secondary N) is 3. The summed E-state index contributed by atoms with van der Waals surface area (Å²) in [6, 6.07) is 18.9. The van der Waals surface area contributed by atoms with E-state index in [1.165, 1.54) is 6.26 Å². The predicted molar refractivity (Wildman–Crippen MR) is 116 cm³/mol. The van der Waals surface area contributed by atoms with Crippen LogP contribution in [0.5, 0.6) is 0 Å². The van der Waals surface area contributed by atoms with Crippen LogP contribution in [0.25, 0.3) is 0 Å². The lowest BCUT2D eigenvalue weighted by atomic mass is 10.0. The Morgan fingerprint density at radius 2 is 1.65 bits per heavy atom. The first-order chi connectivity index (χ1) is 15.1. The van der Waals surface area contributed by atoms with Gasteiger partial charge in [0.15, 0.2) is 5.76 Å².